The zero-order valence-corrected chi connectivity index (χ0v) is 15.7. The van der Waals surface area contributed by atoms with Crippen molar-refractivity contribution in [3.8, 4) is 5.75 Å². The maximum absolute atomic E-state index is 5.93. The van der Waals surface area contributed by atoms with E-state index in [4.69, 9.17) is 10.5 Å². The fourth-order valence-corrected chi connectivity index (χ4v) is 3.25. The molecule has 1 heterocycles. The summed E-state index contributed by atoms with van der Waals surface area (Å²) in [4.78, 5) is 8.85. The Morgan fingerprint density at radius 3 is 2.69 bits per heavy atom. The van der Waals surface area contributed by atoms with Crippen molar-refractivity contribution in [1.29, 1.82) is 0 Å². The van der Waals surface area contributed by atoms with Gasteiger partial charge in [0.1, 0.15) is 5.75 Å². The molecule has 0 radical (unpaired) electrons. The molecule has 3 aromatic rings. The molecule has 0 saturated heterocycles. The zero-order valence-electron chi connectivity index (χ0n) is 14.9. The lowest BCUT2D eigenvalue weighted by molar-refractivity contribution is 0.242. The third-order valence-electron chi connectivity index (χ3n) is 3.46. The molecule has 0 atom stereocenters. The number of hydrogen-bond acceptors (Lipinski definition) is 5. The maximum Gasteiger partial charge on any atom is 0.193 e. The quantitative estimate of drug-likeness (QED) is 0.334. The number of fused-ring (bicyclic) bond motifs is 1. The van der Waals surface area contributed by atoms with Crippen molar-refractivity contribution in [2.24, 2.45) is 10.7 Å². The molecule has 136 valence electrons. The van der Waals surface area contributed by atoms with Crippen LogP contribution in [0.2, 0.25) is 0 Å². The minimum absolute atomic E-state index is 0.156. The summed E-state index contributed by atoms with van der Waals surface area (Å²) in [6.45, 7) is 5.23. The highest BCUT2D eigenvalue weighted by molar-refractivity contribution is 7.22. The van der Waals surface area contributed by atoms with Crippen LogP contribution in [0.5, 0.6) is 5.75 Å². The number of guanidine groups is 1. The van der Waals surface area contributed by atoms with Crippen LogP contribution in [-0.2, 0) is 0 Å². The second-order valence-corrected chi connectivity index (χ2v) is 7.03. The maximum atomic E-state index is 5.93. The van der Waals surface area contributed by atoms with Gasteiger partial charge >= 0.3 is 0 Å². The molecule has 0 aliphatic carbocycles. The molecular weight excluding hydrogens is 346 g/mol. The number of thiazole rings is 1. The van der Waals surface area contributed by atoms with Crippen LogP contribution in [0.4, 0.5) is 10.8 Å². The number of nitrogens with one attached hydrogen (secondary N) is 2. The number of aliphatic imine (C=N–C) groups is 1. The minimum atomic E-state index is 0.156. The van der Waals surface area contributed by atoms with Crippen LogP contribution in [-0.4, -0.2) is 30.1 Å². The smallest absolute Gasteiger partial charge is 0.193 e. The second-order valence-electron chi connectivity index (χ2n) is 6.00. The van der Waals surface area contributed by atoms with E-state index in [2.05, 4.69) is 26.7 Å². The standard InChI is InChI=1S/C19H23N5OS/c1-13(2)25-15-9-7-14(8-10-15)23-18(20)21-11-12-22-19-24-16-5-3-4-6-17(16)26-19/h3-10,13H,11-12H2,1-2H3,(H,22,24)(H3,20,21,23). The molecule has 3 rings (SSSR count). The largest absolute Gasteiger partial charge is 0.491 e. The first kappa shape index (κ1) is 18.0. The minimum Gasteiger partial charge on any atom is -0.491 e. The summed E-state index contributed by atoms with van der Waals surface area (Å²) >= 11 is 1.63. The molecule has 2 aromatic carbocycles. The second kappa shape index (κ2) is 8.53. The van der Waals surface area contributed by atoms with E-state index in [0.717, 1.165) is 22.1 Å². The van der Waals surface area contributed by atoms with Crippen LogP contribution < -0.4 is 21.1 Å². The van der Waals surface area contributed by atoms with Gasteiger partial charge in [0.25, 0.3) is 0 Å². The summed E-state index contributed by atoms with van der Waals surface area (Å²) in [5, 5.41) is 7.25. The average Bonchev–Trinajstić information content (AvgIpc) is 3.03. The normalized spacial score (nSPS) is 11.7. The number of aromatic nitrogens is 1. The molecule has 0 saturated carbocycles. The van der Waals surface area contributed by atoms with Crippen molar-refractivity contribution < 1.29 is 4.74 Å². The summed E-state index contributed by atoms with van der Waals surface area (Å²) in [7, 11) is 0. The van der Waals surface area contributed by atoms with Crippen LogP contribution in [0.25, 0.3) is 10.2 Å². The topological polar surface area (TPSA) is 84.6 Å². The number of hydrogen-bond donors (Lipinski definition) is 3. The van der Waals surface area contributed by atoms with E-state index >= 15 is 0 Å². The van der Waals surface area contributed by atoms with E-state index in [1.54, 1.807) is 11.3 Å². The predicted octanol–water partition coefficient (Wildman–Crippen LogP) is 3.92. The summed E-state index contributed by atoms with van der Waals surface area (Å²) in [5.74, 6) is 1.22. The summed E-state index contributed by atoms with van der Waals surface area (Å²) in [6.07, 6.45) is 0.156. The number of nitrogens with zero attached hydrogens (tertiary/aromatic N) is 2. The van der Waals surface area contributed by atoms with Crippen LogP contribution in [0.1, 0.15) is 13.8 Å². The lowest BCUT2D eigenvalue weighted by Crippen LogP contribution is -2.23. The van der Waals surface area contributed by atoms with Gasteiger partial charge in [-0.2, -0.15) is 0 Å². The van der Waals surface area contributed by atoms with Gasteiger partial charge in [-0.25, -0.2) is 4.98 Å². The Balaban J connectivity index is 1.46. The van der Waals surface area contributed by atoms with Gasteiger partial charge in [0.2, 0.25) is 0 Å². The fraction of sp³-hybridized carbons (Fsp3) is 0.263. The van der Waals surface area contributed by atoms with E-state index in [1.165, 1.54) is 4.70 Å². The number of para-hydroxylation sites is 1. The first-order valence-electron chi connectivity index (χ1n) is 8.53. The van der Waals surface area contributed by atoms with Gasteiger partial charge in [-0.3, -0.25) is 4.99 Å². The SMILES string of the molecule is CC(C)Oc1ccc(NC(N)=NCCNc2nc3ccccc3s2)cc1. The Bertz CT molecular complexity index is 840. The third-order valence-corrected chi connectivity index (χ3v) is 4.46. The van der Waals surface area contributed by atoms with E-state index in [1.807, 2.05) is 56.3 Å². The fourth-order valence-electron chi connectivity index (χ4n) is 2.36. The molecule has 0 fully saturated rings. The summed E-state index contributed by atoms with van der Waals surface area (Å²) in [6, 6.07) is 15.7. The highest BCUT2D eigenvalue weighted by Crippen LogP contribution is 2.25. The number of ether oxygens (including phenoxy) is 1. The third kappa shape index (κ3) is 5.10. The number of anilines is 2. The molecule has 0 aliphatic rings. The molecule has 4 N–H and O–H groups in total. The number of nitrogens with two attached hydrogens (primary N) is 1. The Hall–Kier alpha value is -2.80. The van der Waals surface area contributed by atoms with Crippen LogP contribution in [0, 0.1) is 0 Å². The van der Waals surface area contributed by atoms with Crippen molar-refractivity contribution >= 4 is 38.3 Å². The summed E-state index contributed by atoms with van der Waals surface area (Å²) in [5.41, 5.74) is 7.82. The van der Waals surface area contributed by atoms with Crippen molar-refractivity contribution in [1.82, 2.24) is 4.98 Å². The van der Waals surface area contributed by atoms with Gasteiger partial charge in [-0.1, -0.05) is 23.5 Å². The molecular formula is C19H23N5OS. The summed E-state index contributed by atoms with van der Waals surface area (Å²) < 4.78 is 6.79. The highest BCUT2D eigenvalue weighted by atomic mass is 32.1. The van der Waals surface area contributed by atoms with Gasteiger partial charge in [-0.15, -0.1) is 0 Å². The van der Waals surface area contributed by atoms with Crippen LogP contribution >= 0.6 is 11.3 Å². The Morgan fingerprint density at radius 1 is 1.19 bits per heavy atom. The molecule has 6 nitrogen and oxygen atoms in total. The Kier molecular flexibility index (Phi) is 5.91. The van der Waals surface area contributed by atoms with E-state index < -0.39 is 0 Å². The van der Waals surface area contributed by atoms with E-state index in [9.17, 15) is 0 Å². The molecule has 7 heteroatoms. The molecule has 1 aromatic heterocycles. The average molecular weight is 369 g/mol. The van der Waals surface area contributed by atoms with Crippen LogP contribution in [0.15, 0.2) is 53.5 Å². The lowest BCUT2D eigenvalue weighted by atomic mass is 10.3. The molecule has 0 amide bonds. The molecule has 0 bridgehead atoms. The van der Waals surface area contributed by atoms with E-state index in [0.29, 0.717) is 19.0 Å². The van der Waals surface area contributed by atoms with Crippen molar-refractivity contribution in [3.63, 3.8) is 0 Å². The predicted molar refractivity (Wildman–Crippen MR) is 110 cm³/mol. The lowest BCUT2D eigenvalue weighted by Gasteiger charge is -2.11. The number of rotatable bonds is 7. The Labute approximate surface area is 157 Å². The van der Waals surface area contributed by atoms with Gasteiger partial charge < -0.3 is 21.1 Å². The molecule has 0 unspecified atom stereocenters. The molecule has 0 aliphatic heterocycles. The van der Waals surface area contributed by atoms with Gasteiger partial charge in [0.15, 0.2) is 11.1 Å². The molecule has 26 heavy (non-hydrogen) atoms. The monoisotopic (exact) mass is 369 g/mol. The van der Waals surface area contributed by atoms with Gasteiger partial charge in [0.05, 0.1) is 22.9 Å². The first-order valence-corrected chi connectivity index (χ1v) is 9.35. The van der Waals surface area contributed by atoms with Crippen molar-refractivity contribution in [2.75, 3.05) is 23.7 Å². The highest BCUT2D eigenvalue weighted by Gasteiger charge is 2.02. The van der Waals surface area contributed by atoms with Gasteiger partial charge in [-0.05, 0) is 50.2 Å². The van der Waals surface area contributed by atoms with Gasteiger partial charge in [0, 0.05) is 12.2 Å². The zero-order chi connectivity index (χ0) is 18.4. The van der Waals surface area contributed by atoms with Crippen molar-refractivity contribution in [2.45, 2.75) is 20.0 Å². The van der Waals surface area contributed by atoms with Crippen LogP contribution in [0.3, 0.4) is 0 Å². The number of benzene rings is 2. The van der Waals surface area contributed by atoms with Crippen molar-refractivity contribution in [3.05, 3.63) is 48.5 Å². The molecule has 0 spiro atoms. The Morgan fingerprint density at radius 2 is 1.96 bits per heavy atom. The van der Waals surface area contributed by atoms with E-state index in [-0.39, 0.29) is 6.10 Å². The first-order chi connectivity index (χ1) is 12.6.